The number of hydrogen-bond acceptors (Lipinski definition) is 4. The number of anilines is 2. The lowest BCUT2D eigenvalue weighted by Gasteiger charge is -2.14. The first-order valence-electron chi connectivity index (χ1n) is 5.82. The number of benzene rings is 1. The van der Waals surface area contributed by atoms with Gasteiger partial charge in [-0.3, -0.25) is 4.72 Å². The van der Waals surface area contributed by atoms with Gasteiger partial charge in [0.25, 0.3) is 0 Å². The topological polar surface area (TPSA) is 58.2 Å². The van der Waals surface area contributed by atoms with Crippen LogP contribution in [0.3, 0.4) is 0 Å². The molecule has 0 aliphatic carbocycles. The lowest BCUT2D eigenvalue weighted by molar-refractivity contribution is 0.607. The molecule has 102 valence electrons. The highest BCUT2D eigenvalue weighted by Crippen LogP contribution is 2.24. The van der Waals surface area contributed by atoms with Crippen molar-refractivity contribution in [2.45, 2.75) is 13.0 Å². The molecule has 1 atom stereocenters. The molecule has 0 radical (unpaired) electrons. The predicted octanol–water partition coefficient (Wildman–Crippen LogP) is 3.29. The molecule has 1 aromatic carbocycles. The first-order valence-corrected chi connectivity index (χ1v) is 8.59. The number of nitrogens with one attached hydrogen (secondary N) is 2. The van der Waals surface area contributed by atoms with E-state index < -0.39 is 10.0 Å². The van der Waals surface area contributed by atoms with Gasteiger partial charge in [-0.1, -0.05) is 12.1 Å². The minimum atomic E-state index is -3.24. The van der Waals surface area contributed by atoms with Crippen LogP contribution in [0.15, 0.2) is 41.8 Å². The molecule has 6 heteroatoms. The highest BCUT2D eigenvalue weighted by atomic mass is 32.2. The molecule has 0 spiro atoms. The fourth-order valence-corrected chi connectivity index (χ4v) is 3.03. The molecule has 0 amide bonds. The fraction of sp³-hybridized carbons (Fsp3) is 0.231. The minimum absolute atomic E-state index is 0.188. The molecule has 2 N–H and O–H groups in total. The number of sulfonamides is 1. The Morgan fingerprint density at radius 2 is 1.89 bits per heavy atom. The van der Waals surface area contributed by atoms with Crippen molar-refractivity contribution in [1.29, 1.82) is 0 Å². The zero-order valence-corrected chi connectivity index (χ0v) is 12.4. The van der Waals surface area contributed by atoms with Crippen molar-refractivity contribution in [1.82, 2.24) is 0 Å². The zero-order valence-electron chi connectivity index (χ0n) is 10.8. The van der Waals surface area contributed by atoms with E-state index in [9.17, 15) is 8.42 Å². The van der Waals surface area contributed by atoms with Crippen LogP contribution in [0.2, 0.25) is 0 Å². The summed E-state index contributed by atoms with van der Waals surface area (Å²) in [5, 5.41) is 5.38. The summed E-state index contributed by atoms with van der Waals surface area (Å²) in [5.41, 5.74) is 1.44. The van der Waals surface area contributed by atoms with Gasteiger partial charge in [-0.25, -0.2) is 8.42 Å². The van der Waals surface area contributed by atoms with E-state index in [0.29, 0.717) is 5.69 Å². The third-order valence-electron chi connectivity index (χ3n) is 2.52. The van der Waals surface area contributed by atoms with Gasteiger partial charge in [-0.05, 0) is 36.6 Å². The molecule has 0 bridgehead atoms. The SMILES string of the molecule is CC(Nc1cccc(NS(C)(=O)=O)c1)c1cccs1. The molecule has 0 aliphatic heterocycles. The number of hydrogen-bond donors (Lipinski definition) is 2. The second-order valence-corrected chi connectivity index (χ2v) is 7.06. The third kappa shape index (κ3) is 4.25. The van der Waals surface area contributed by atoms with Gasteiger partial charge in [-0.2, -0.15) is 0 Å². The Morgan fingerprint density at radius 3 is 2.53 bits per heavy atom. The van der Waals surface area contributed by atoms with Crippen molar-refractivity contribution >= 4 is 32.7 Å². The summed E-state index contributed by atoms with van der Waals surface area (Å²) >= 11 is 1.69. The van der Waals surface area contributed by atoms with E-state index in [1.807, 2.05) is 23.6 Å². The van der Waals surface area contributed by atoms with Crippen LogP contribution in [-0.4, -0.2) is 14.7 Å². The van der Waals surface area contributed by atoms with Crippen molar-refractivity contribution < 1.29 is 8.42 Å². The maximum atomic E-state index is 11.2. The van der Waals surface area contributed by atoms with Crippen LogP contribution < -0.4 is 10.0 Å². The van der Waals surface area contributed by atoms with Gasteiger partial charge in [0.15, 0.2) is 0 Å². The maximum Gasteiger partial charge on any atom is 0.229 e. The summed E-state index contributed by atoms with van der Waals surface area (Å²) in [6.07, 6.45) is 1.14. The van der Waals surface area contributed by atoms with Crippen LogP contribution in [0.4, 0.5) is 11.4 Å². The van der Waals surface area contributed by atoms with Crippen LogP contribution in [0, 0.1) is 0 Å². The quantitative estimate of drug-likeness (QED) is 0.890. The Morgan fingerprint density at radius 1 is 1.16 bits per heavy atom. The first kappa shape index (κ1) is 13.9. The smallest absolute Gasteiger partial charge is 0.229 e. The maximum absolute atomic E-state index is 11.2. The number of thiophene rings is 1. The molecule has 0 saturated carbocycles. The lowest BCUT2D eigenvalue weighted by Crippen LogP contribution is -2.10. The average molecular weight is 296 g/mol. The molecule has 0 aliphatic rings. The van der Waals surface area contributed by atoms with Crippen molar-refractivity contribution in [2.24, 2.45) is 0 Å². The lowest BCUT2D eigenvalue weighted by atomic mass is 10.2. The van der Waals surface area contributed by atoms with Crippen LogP contribution in [-0.2, 0) is 10.0 Å². The molecular weight excluding hydrogens is 280 g/mol. The van der Waals surface area contributed by atoms with Gasteiger partial charge >= 0.3 is 0 Å². The van der Waals surface area contributed by atoms with Crippen LogP contribution in [0.1, 0.15) is 17.8 Å². The Kier molecular flexibility index (Phi) is 4.11. The standard InChI is InChI=1S/C13H16N2O2S2/c1-10(13-7-4-8-18-13)14-11-5-3-6-12(9-11)15-19(2,16)17/h3-10,14-15H,1-2H3. The van der Waals surface area contributed by atoms with Crippen LogP contribution in [0.25, 0.3) is 0 Å². The Labute approximate surface area is 117 Å². The molecule has 0 fully saturated rings. The van der Waals surface area contributed by atoms with Gasteiger partial charge in [-0.15, -0.1) is 11.3 Å². The van der Waals surface area contributed by atoms with E-state index in [-0.39, 0.29) is 6.04 Å². The molecule has 0 saturated heterocycles. The van der Waals surface area contributed by atoms with E-state index in [1.54, 1.807) is 23.5 Å². The summed E-state index contributed by atoms with van der Waals surface area (Å²) in [4.78, 5) is 1.24. The second-order valence-electron chi connectivity index (χ2n) is 4.34. The highest BCUT2D eigenvalue weighted by molar-refractivity contribution is 7.92. The zero-order chi connectivity index (χ0) is 13.9. The molecule has 19 heavy (non-hydrogen) atoms. The Hall–Kier alpha value is -1.53. The highest BCUT2D eigenvalue weighted by Gasteiger charge is 2.07. The number of rotatable bonds is 5. The third-order valence-corrected chi connectivity index (χ3v) is 4.18. The molecule has 1 unspecified atom stereocenters. The van der Waals surface area contributed by atoms with Crippen LogP contribution >= 0.6 is 11.3 Å². The normalized spacial score (nSPS) is 12.9. The predicted molar refractivity (Wildman–Crippen MR) is 81.3 cm³/mol. The van der Waals surface area contributed by atoms with Crippen molar-refractivity contribution in [2.75, 3.05) is 16.3 Å². The van der Waals surface area contributed by atoms with E-state index in [0.717, 1.165) is 11.9 Å². The van der Waals surface area contributed by atoms with Crippen LogP contribution in [0.5, 0.6) is 0 Å². The second kappa shape index (κ2) is 5.63. The van der Waals surface area contributed by atoms with Gasteiger partial charge < -0.3 is 5.32 Å². The van der Waals surface area contributed by atoms with E-state index >= 15 is 0 Å². The Balaban J connectivity index is 2.11. The van der Waals surface area contributed by atoms with Gasteiger partial charge in [0.2, 0.25) is 10.0 Å². The largest absolute Gasteiger partial charge is 0.378 e. The molecule has 2 aromatic rings. The van der Waals surface area contributed by atoms with Gasteiger partial charge in [0, 0.05) is 10.6 Å². The van der Waals surface area contributed by atoms with Crippen molar-refractivity contribution in [3.8, 4) is 0 Å². The van der Waals surface area contributed by atoms with E-state index in [1.165, 1.54) is 4.88 Å². The summed E-state index contributed by atoms with van der Waals surface area (Å²) < 4.78 is 24.8. The van der Waals surface area contributed by atoms with Gasteiger partial charge in [0.05, 0.1) is 18.0 Å². The summed E-state index contributed by atoms with van der Waals surface area (Å²) in [6, 6.07) is 11.5. The van der Waals surface area contributed by atoms with Gasteiger partial charge in [0.1, 0.15) is 0 Å². The van der Waals surface area contributed by atoms with E-state index in [2.05, 4.69) is 23.0 Å². The molecule has 2 rings (SSSR count). The minimum Gasteiger partial charge on any atom is -0.378 e. The van der Waals surface area contributed by atoms with Crippen molar-refractivity contribution in [3.05, 3.63) is 46.7 Å². The summed E-state index contributed by atoms with van der Waals surface area (Å²) in [5.74, 6) is 0. The summed E-state index contributed by atoms with van der Waals surface area (Å²) in [6.45, 7) is 2.07. The monoisotopic (exact) mass is 296 g/mol. The fourth-order valence-electron chi connectivity index (χ4n) is 1.75. The molecule has 4 nitrogen and oxygen atoms in total. The Bertz CT molecular complexity index is 636. The first-order chi connectivity index (χ1) is 8.94. The molecule has 1 aromatic heterocycles. The molecule has 1 heterocycles. The van der Waals surface area contributed by atoms with Crippen molar-refractivity contribution in [3.63, 3.8) is 0 Å². The molecular formula is C13H16N2O2S2. The summed E-state index contributed by atoms with van der Waals surface area (Å²) in [7, 11) is -3.24. The average Bonchev–Trinajstić information content (AvgIpc) is 2.80. The van der Waals surface area contributed by atoms with E-state index in [4.69, 9.17) is 0 Å².